The smallest absolute Gasteiger partial charge is 0.271 e. The molecule has 1 N–H and O–H groups in total. The van der Waals surface area contributed by atoms with E-state index in [0.717, 1.165) is 31.7 Å². The average Bonchev–Trinajstić information content (AvgIpc) is 3.19. The molecule has 24 heavy (non-hydrogen) atoms. The van der Waals surface area contributed by atoms with Crippen LogP contribution < -0.4 is 0 Å². The van der Waals surface area contributed by atoms with Gasteiger partial charge in [0.1, 0.15) is 5.69 Å². The first-order chi connectivity index (χ1) is 11.5. The Morgan fingerprint density at radius 1 is 1.33 bits per heavy atom. The van der Waals surface area contributed by atoms with Crippen molar-refractivity contribution in [2.75, 3.05) is 33.2 Å². The summed E-state index contributed by atoms with van der Waals surface area (Å²) in [5.41, 5.74) is 2.27. The highest BCUT2D eigenvalue weighted by atomic mass is 35.5. The number of carbonyl (C=O) groups excluding carboxylic acids is 1. The van der Waals surface area contributed by atoms with Crippen LogP contribution in [-0.4, -0.2) is 59.1 Å². The van der Waals surface area contributed by atoms with Crippen LogP contribution in [0.25, 0.3) is 11.3 Å². The minimum Gasteiger partial charge on any atom is -0.336 e. The molecule has 0 bridgehead atoms. The van der Waals surface area contributed by atoms with Crippen LogP contribution in [0.1, 0.15) is 17.4 Å². The van der Waals surface area contributed by atoms with Gasteiger partial charge in [-0.2, -0.15) is 5.10 Å². The van der Waals surface area contributed by atoms with Crippen molar-refractivity contribution in [2.24, 2.45) is 11.3 Å². The van der Waals surface area contributed by atoms with Crippen LogP contribution in [0.2, 0.25) is 5.02 Å². The van der Waals surface area contributed by atoms with Gasteiger partial charge in [0.05, 0.1) is 10.7 Å². The molecule has 2 aliphatic heterocycles. The number of aromatic nitrogens is 2. The quantitative estimate of drug-likeness (QED) is 0.911. The highest BCUT2D eigenvalue weighted by molar-refractivity contribution is 6.33. The molecule has 1 aromatic heterocycles. The number of likely N-dealkylation sites (tertiary alicyclic amines) is 2. The third kappa shape index (κ3) is 2.52. The maximum atomic E-state index is 12.8. The summed E-state index contributed by atoms with van der Waals surface area (Å²) in [5, 5.41) is 7.79. The number of halogens is 1. The molecule has 2 saturated heterocycles. The van der Waals surface area contributed by atoms with E-state index in [1.807, 2.05) is 29.2 Å². The summed E-state index contributed by atoms with van der Waals surface area (Å²) in [4.78, 5) is 17.2. The number of aromatic amines is 1. The number of H-pyrrole nitrogens is 1. The largest absolute Gasteiger partial charge is 0.336 e. The van der Waals surface area contributed by atoms with Gasteiger partial charge >= 0.3 is 0 Å². The van der Waals surface area contributed by atoms with E-state index in [4.69, 9.17) is 11.6 Å². The van der Waals surface area contributed by atoms with Gasteiger partial charge in [0.2, 0.25) is 0 Å². The van der Waals surface area contributed by atoms with Gasteiger partial charge in [-0.05, 0) is 25.1 Å². The van der Waals surface area contributed by atoms with Gasteiger partial charge in [-0.3, -0.25) is 9.89 Å². The van der Waals surface area contributed by atoms with Gasteiger partial charge in [-0.25, -0.2) is 0 Å². The lowest BCUT2D eigenvalue weighted by Crippen LogP contribution is -2.34. The second-order valence-electron chi connectivity index (χ2n) is 7.38. The van der Waals surface area contributed by atoms with E-state index >= 15 is 0 Å². The maximum Gasteiger partial charge on any atom is 0.271 e. The van der Waals surface area contributed by atoms with Crippen molar-refractivity contribution in [3.05, 3.63) is 41.0 Å². The summed E-state index contributed by atoms with van der Waals surface area (Å²) < 4.78 is 0. The molecule has 4 rings (SSSR count). The molecule has 0 spiro atoms. The van der Waals surface area contributed by atoms with Crippen LogP contribution in [0.15, 0.2) is 30.3 Å². The van der Waals surface area contributed by atoms with E-state index in [9.17, 15) is 4.79 Å². The Labute approximate surface area is 146 Å². The lowest BCUT2D eigenvalue weighted by Gasteiger charge is -2.23. The third-order valence-corrected chi connectivity index (χ3v) is 5.72. The van der Waals surface area contributed by atoms with Gasteiger partial charge in [-0.15, -0.1) is 0 Å². The molecule has 6 heteroatoms. The van der Waals surface area contributed by atoms with E-state index in [2.05, 4.69) is 29.1 Å². The SMILES string of the molecule is CN1C[C@@H]2CN(C(=O)c3cc(-c4ccccc4Cl)n[nH]3)C[C@]2(C)C1. The minimum atomic E-state index is 0.0269. The predicted molar refractivity (Wildman–Crippen MR) is 94.0 cm³/mol. The number of fused-ring (bicyclic) bond motifs is 1. The van der Waals surface area contributed by atoms with E-state index in [1.165, 1.54) is 0 Å². The molecule has 0 aliphatic carbocycles. The van der Waals surface area contributed by atoms with Gasteiger partial charge in [0.15, 0.2) is 0 Å². The van der Waals surface area contributed by atoms with E-state index in [0.29, 0.717) is 22.3 Å². The normalized spacial score (nSPS) is 26.8. The standard InChI is InChI=1S/C18H21ClN4O/c1-18-10-22(2)8-12(18)9-23(11-18)17(24)16-7-15(20-21-16)13-5-3-4-6-14(13)19/h3-7,12H,8-11H2,1-2H3,(H,20,21)/t12-,18+/m1/s1. The monoisotopic (exact) mass is 344 g/mol. The minimum absolute atomic E-state index is 0.0269. The Morgan fingerprint density at radius 2 is 2.12 bits per heavy atom. The van der Waals surface area contributed by atoms with Crippen molar-refractivity contribution in [3.63, 3.8) is 0 Å². The average molecular weight is 345 g/mol. The molecule has 2 fully saturated rings. The van der Waals surface area contributed by atoms with Gasteiger partial charge in [0, 0.05) is 37.2 Å². The Kier molecular flexibility index (Phi) is 3.66. The molecule has 126 valence electrons. The summed E-state index contributed by atoms with van der Waals surface area (Å²) in [6, 6.07) is 9.32. The van der Waals surface area contributed by atoms with Crippen molar-refractivity contribution in [2.45, 2.75) is 6.92 Å². The predicted octanol–water partition coefficient (Wildman–Crippen LogP) is 2.75. The molecule has 0 unspecified atom stereocenters. The third-order valence-electron chi connectivity index (χ3n) is 5.39. The van der Waals surface area contributed by atoms with Gasteiger partial charge in [-0.1, -0.05) is 36.7 Å². The first-order valence-electron chi connectivity index (χ1n) is 8.24. The Bertz CT molecular complexity index is 789. The van der Waals surface area contributed by atoms with E-state index in [1.54, 1.807) is 6.07 Å². The van der Waals surface area contributed by atoms with Gasteiger partial charge < -0.3 is 9.80 Å². The molecule has 2 aromatic rings. The molecular formula is C18H21ClN4O. The molecule has 0 saturated carbocycles. The Hall–Kier alpha value is -1.85. The Morgan fingerprint density at radius 3 is 2.88 bits per heavy atom. The second-order valence-corrected chi connectivity index (χ2v) is 7.79. The molecular weight excluding hydrogens is 324 g/mol. The van der Waals surface area contributed by atoms with Crippen LogP contribution in [0.4, 0.5) is 0 Å². The van der Waals surface area contributed by atoms with Crippen LogP contribution in [0.5, 0.6) is 0 Å². The van der Waals surface area contributed by atoms with Crippen LogP contribution in [-0.2, 0) is 0 Å². The lowest BCUT2D eigenvalue weighted by molar-refractivity contribution is 0.0759. The van der Waals surface area contributed by atoms with Crippen molar-refractivity contribution in [3.8, 4) is 11.3 Å². The first-order valence-corrected chi connectivity index (χ1v) is 8.62. The topological polar surface area (TPSA) is 52.2 Å². The van der Waals surface area contributed by atoms with E-state index in [-0.39, 0.29) is 11.3 Å². The van der Waals surface area contributed by atoms with Crippen LogP contribution in [0.3, 0.4) is 0 Å². The molecule has 0 radical (unpaired) electrons. The Balaban J connectivity index is 1.54. The summed E-state index contributed by atoms with van der Waals surface area (Å²) in [6.45, 7) is 6.03. The fourth-order valence-electron chi connectivity index (χ4n) is 4.19. The van der Waals surface area contributed by atoms with Crippen LogP contribution in [0, 0.1) is 11.3 Å². The summed E-state index contributed by atoms with van der Waals surface area (Å²) in [6.07, 6.45) is 0. The molecule has 1 aromatic carbocycles. The zero-order valence-electron chi connectivity index (χ0n) is 13.9. The molecule has 2 atom stereocenters. The van der Waals surface area contributed by atoms with Gasteiger partial charge in [0.25, 0.3) is 5.91 Å². The van der Waals surface area contributed by atoms with Crippen molar-refractivity contribution in [1.29, 1.82) is 0 Å². The summed E-state index contributed by atoms with van der Waals surface area (Å²) >= 11 is 6.22. The number of nitrogens with one attached hydrogen (secondary N) is 1. The number of amides is 1. The van der Waals surface area contributed by atoms with Crippen molar-refractivity contribution in [1.82, 2.24) is 20.0 Å². The maximum absolute atomic E-state index is 12.8. The fraction of sp³-hybridized carbons (Fsp3) is 0.444. The number of hydrogen-bond donors (Lipinski definition) is 1. The molecule has 3 heterocycles. The molecule has 1 amide bonds. The number of carbonyl (C=O) groups is 1. The lowest BCUT2D eigenvalue weighted by atomic mass is 9.83. The number of nitrogens with zero attached hydrogens (tertiary/aromatic N) is 3. The highest BCUT2D eigenvalue weighted by Crippen LogP contribution is 2.41. The molecule has 5 nitrogen and oxygen atoms in total. The van der Waals surface area contributed by atoms with Crippen molar-refractivity contribution >= 4 is 17.5 Å². The van der Waals surface area contributed by atoms with Crippen LogP contribution >= 0.6 is 11.6 Å². The zero-order valence-corrected chi connectivity index (χ0v) is 14.7. The summed E-state index contributed by atoms with van der Waals surface area (Å²) in [7, 11) is 2.15. The zero-order chi connectivity index (χ0) is 16.9. The first kappa shape index (κ1) is 15.7. The number of rotatable bonds is 2. The molecule has 2 aliphatic rings. The fourth-order valence-corrected chi connectivity index (χ4v) is 4.43. The second kappa shape index (κ2) is 5.60. The summed E-state index contributed by atoms with van der Waals surface area (Å²) in [5.74, 6) is 0.580. The van der Waals surface area contributed by atoms with E-state index < -0.39 is 0 Å². The van der Waals surface area contributed by atoms with Crippen molar-refractivity contribution < 1.29 is 4.79 Å². The highest BCUT2D eigenvalue weighted by Gasteiger charge is 2.49. The number of benzene rings is 1. The number of hydrogen-bond acceptors (Lipinski definition) is 3.